The van der Waals surface area contributed by atoms with Crippen LogP contribution in [-0.2, 0) is 0 Å². The summed E-state index contributed by atoms with van der Waals surface area (Å²) in [5.74, 6) is 1.41. The SMILES string of the molecule is Cc1cc2c(cc1C(O)C(C)N)OCO2. The number of aliphatic hydroxyl groups excluding tert-OH is 1. The number of benzene rings is 1. The molecular formula is C11H15NO3. The lowest BCUT2D eigenvalue weighted by atomic mass is 9.98. The summed E-state index contributed by atoms with van der Waals surface area (Å²) in [6.07, 6.45) is -0.667. The molecule has 1 aliphatic rings. The Hall–Kier alpha value is -1.26. The van der Waals surface area contributed by atoms with Crippen LogP contribution in [0, 0.1) is 6.92 Å². The first-order valence-electron chi connectivity index (χ1n) is 4.93. The second-order valence-corrected chi connectivity index (χ2v) is 3.87. The third kappa shape index (κ3) is 1.78. The van der Waals surface area contributed by atoms with Crippen molar-refractivity contribution in [3.8, 4) is 11.5 Å². The zero-order chi connectivity index (χ0) is 11.0. The highest BCUT2D eigenvalue weighted by Crippen LogP contribution is 2.36. The molecule has 15 heavy (non-hydrogen) atoms. The van der Waals surface area contributed by atoms with E-state index in [0.717, 1.165) is 16.9 Å². The smallest absolute Gasteiger partial charge is 0.231 e. The van der Waals surface area contributed by atoms with E-state index in [1.807, 2.05) is 13.0 Å². The fraction of sp³-hybridized carbons (Fsp3) is 0.455. The third-order valence-corrected chi connectivity index (χ3v) is 2.58. The van der Waals surface area contributed by atoms with Crippen molar-refractivity contribution < 1.29 is 14.6 Å². The van der Waals surface area contributed by atoms with Gasteiger partial charge in [0, 0.05) is 6.04 Å². The average molecular weight is 209 g/mol. The first-order chi connectivity index (χ1) is 7.09. The molecule has 0 saturated carbocycles. The van der Waals surface area contributed by atoms with Crippen LogP contribution in [-0.4, -0.2) is 17.9 Å². The fourth-order valence-electron chi connectivity index (χ4n) is 1.66. The Morgan fingerprint density at radius 1 is 1.33 bits per heavy atom. The van der Waals surface area contributed by atoms with Gasteiger partial charge in [-0.05, 0) is 37.1 Å². The van der Waals surface area contributed by atoms with Gasteiger partial charge in [-0.25, -0.2) is 0 Å². The monoisotopic (exact) mass is 209 g/mol. The molecule has 0 spiro atoms. The maximum atomic E-state index is 9.89. The first-order valence-corrected chi connectivity index (χ1v) is 4.93. The Labute approximate surface area is 88.6 Å². The molecule has 2 atom stereocenters. The molecule has 0 fully saturated rings. The number of hydrogen-bond donors (Lipinski definition) is 2. The minimum atomic E-state index is -0.667. The summed E-state index contributed by atoms with van der Waals surface area (Å²) in [4.78, 5) is 0. The third-order valence-electron chi connectivity index (χ3n) is 2.58. The van der Waals surface area contributed by atoms with Crippen molar-refractivity contribution in [3.63, 3.8) is 0 Å². The molecule has 2 rings (SSSR count). The highest BCUT2D eigenvalue weighted by atomic mass is 16.7. The van der Waals surface area contributed by atoms with Crippen molar-refractivity contribution in [1.82, 2.24) is 0 Å². The second-order valence-electron chi connectivity index (χ2n) is 3.87. The molecule has 2 unspecified atom stereocenters. The van der Waals surface area contributed by atoms with Crippen molar-refractivity contribution in [2.75, 3.05) is 6.79 Å². The van der Waals surface area contributed by atoms with Gasteiger partial charge >= 0.3 is 0 Å². The fourth-order valence-corrected chi connectivity index (χ4v) is 1.66. The van der Waals surface area contributed by atoms with E-state index in [4.69, 9.17) is 15.2 Å². The molecular weight excluding hydrogens is 194 g/mol. The van der Waals surface area contributed by atoms with E-state index in [1.165, 1.54) is 0 Å². The number of ether oxygens (including phenoxy) is 2. The lowest BCUT2D eigenvalue weighted by Gasteiger charge is -2.17. The minimum absolute atomic E-state index is 0.243. The zero-order valence-corrected chi connectivity index (χ0v) is 8.86. The Bertz CT molecular complexity index is 376. The Kier molecular flexibility index (Phi) is 2.54. The molecule has 3 N–H and O–H groups in total. The molecule has 0 aliphatic carbocycles. The van der Waals surface area contributed by atoms with Gasteiger partial charge in [0.25, 0.3) is 0 Å². The van der Waals surface area contributed by atoms with Gasteiger partial charge in [-0.1, -0.05) is 0 Å². The predicted molar refractivity (Wildman–Crippen MR) is 55.9 cm³/mol. The van der Waals surface area contributed by atoms with Crippen molar-refractivity contribution in [2.24, 2.45) is 5.73 Å². The van der Waals surface area contributed by atoms with Gasteiger partial charge < -0.3 is 20.3 Å². The maximum Gasteiger partial charge on any atom is 0.231 e. The number of rotatable bonds is 2. The summed E-state index contributed by atoms with van der Waals surface area (Å²) in [5, 5.41) is 9.89. The predicted octanol–water partition coefficient (Wildman–Crippen LogP) is 1.10. The van der Waals surface area contributed by atoms with Gasteiger partial charge in [-0.3, -0.25) is 0 Å². The van der Waals surface area contributed by atoms with Gasteiger partial charge in [0.1, 0.15) is 0 Å². The quantitative estimate of drug-likeness (QED) is 0.765. The van der Waals surface area contributed by atoms with Crippen molar-refractivity contribution in [2.45, 2.75) is 26.0 Å². The van der Waals surface area contributed by atoms with Crippen LogP contribution in [0.4, 0.5) is 0 Å². The highest BCUT2D eigenvalue weighted by Gasteiger charge is 2.21. The number of nitrogens with two attached hydrogens (primary N) is 1. The standard InChI is InChI=1S/C11H15NO3/c1-6-3-9-10(15-5-14-9)4-8(6)11(13)7(2)12/h3-4,7,11,13H,5,12H2,1-2H3. The number of fused-ring (bicyclic) bond motifs is 1. The van der Waals surface area contributed by atoms with Crippen LogP contribution in [0.15, 0.2) is 12.1 Å². The number of aliphatic hydroxyl groups is 1. The molecule has 82 valence electrons. The van der Waals surface area contributed by atoms with Gasteiger partial charge in [0.05, 0.1) is 6.10 Å². The second kappa shape index (κ2) is 3.72. The average Bonchev–Trinajstić information content (AvgIpc) is 2.62. The summed E-state index contributed by atoms with van der Waals surface area (Å²) in [6.45, 7) is 3.93. The van der Waals surface area contributed by atoms with E-state index >= 15 is 0 Å². The summed E-state index contributed by atoms with van der Waals surface area (Å²) in [5.41, 5.74) is 7.42. The summed E-state index contributed by atoms with van der Waals surface area (Å²) in [7, 11) is 0. The molecule has 1 heterocycles. The maximum absolute atomic E-state index is 9.89. The lowest BCUT2D eigenvalue weighted by molar-refractivity contribution is 0.152. The molecule has 0 bridgehead atoms. The molecule has 0 saturated heterocycles. The lowest BCUT2D eigenvalue weighted by Crippen LogP contribution is -2.24. The molecule has 0 aromatic heterocycles. The topological polar surface area (TPSA) is 64.7 Å². The van der Waals surface area contributed by atoms with Gasteiger partial charge in [-0.2, -0.15) is 0 Å². The first kappa shape index (κ1) is 10.3. The molecule has 1 aromatic rings. The molecule has 1 aliphatic heterocycles. The Morgan fingerprint density at radius 2 is 1.93 bits per heavy atom. The van der Waals surface area contributed by atoms with E-state index in [0.29, 0.717) is 5.75 Å². The van der Waals surface area contributed by atoms with Gasteiger partial charge in [0.15, 0.2) is 11.5 Å². The summed E-state index contributed by atoms with van der Waals surface area (Å²) < 4.78 is 10.5. The van der Waals surface area contributed by atoms with E-state index < -0.39 is 6.10 Å². The summed E-state index contributed by atoms with van der Waals surface area (Å²) in [6, 6.07) is 3.36. The van der Waals surface area contributed by atoms with Crippen LogP contribution in [0.2, 0.25) is 0 Å². The molecule has 0 radical (unpaired) electrons. The van der Waals surface area contributed by atoms with Crippen LogP contribution in [0.1, 0.15) is 24.2 Å². The summed E-state index contributed by atoms with van der Waals surface area (Å²) >= 11 is 0. The normalized spacial score (nSPS) is 17.6. The van der Waals surface area contributed by atoms with E-state index in [2.05, 4.69) is 0 Å². The molecule has 1 aromatic carbocycles. The van der Waals surface area contributed by atoms with E-state index in [1.54, 1.807) is 13.0 Å². The largest absolute Gasteiger partial charge is 0.454 e. The highest BCUT2D eigenvalue weighted by molar-refractivity contribution is 5.49. The Morgan fingerprint density at radius 3 is 2.53 bits per heavy atom. The van der Waals surface area contributed by atoms with Crippen LogP contribution < -0.4 is 15.2 Å². The van der Waals surface area contributed by atoms with Crippen molar-refractivity contribution in [3.05, 3.63) is 23.3 Å². The van der Waals surface area contributed by atoms with Crippen molar-refractivity contribution in [1.29, 1.82) is 0 Å². The minimum Gasteiger partial charge on any atom is -0.454 e. The van der Waals surface area contributed by atoms with Crippen LogP contribution in [0.5, 0.6) is 11.5 Å². The Balaban J connectivity index is 2.40. The van der Waals surface area contributed by atoms with Crippen LogP contribution >= 0.6 is 0 Å². The van der Waals surface area contributed by atoms with E-state index in [9.17, 15) is 5.11 Å². The number of aryl methyl sites for hydroxylation is 1. The van der Waals surface area contributed by atoms with E-state index in [-0.39, 0.29) is 12.8 Å². The molecule has 0 amide bonds. The van der Waals surface area contributed by atoms with Crippen molar-refractivity contribution >= 4 is 0 Å². The van der Waals surface area contributed by atoms with Gasteiger partial charge in [0.2, 0.25) is 6.79 Å². The van der Waals surface area contributed by atoms with Crippen LogP contribution in [0.25, 0.3) is 0 Å². The molecule has 4 nitrogen and oxygen atoms in total. The zero-order valence-electron chi connectivity index (χ0n) is 8.86. The number of hydrogen-bond acceptors (Lipinski definition) is 4. The molecule has 4 heteroatoms. The van der Waals surface area contributed by atoms with Crippen LogP contribution in [0.3, 0.4) is 0 Å². The van der Waals surface area contributed by atoms with Gasteiger partial charge in [-0.15, -0.1) is 0 Å².